The van der Waals surface area contributed by atoms with Crippen LogP contribution in [-0.4, -0.2) is 17.6 Å². The normalized spacial score (nSPS) is 22.6. The summed E-state index contributed by atoms with van der Waals surface area (Å²) in [4.78, 5) is 11.8. The van der Waals surface area contributed by atoms with Crippen molar-refractivity contribution < 1.29 is 9.53 Å². The van der Waals surface area contributed by atoms with Gasteiger partial charge in [-0.15, -0.1) is 0 Å². The molecule has 0 saturated heterocycles. The molecule has 0 spiro atoms. The first-order chi connectivity index (χ1) is 8.09. The second-order valence-electron chi connectivity index (χ2n) is 7.48. The Morgan fingerprint density at radius 2 is 1.83 bits per heavy atom. The molecule has 18 heavy (non-hydrogen) atoms. The van der Waals surface area contributed by atoms with Gasteiger partial charge in [-0.05, 0) is 64.2 Å². The molecule has 1 fully saturated rings. The van der Waals surface area contributed by atoms with Crippen molar-refractivity contribution in [3.05, 3.63) is 0 Å². The van der Waals surface area contributed by atoms with Crippen molar-refractivity contribution >= 4 is 5.97 Å². The fourth-order valence-electron chi connectivity index (χ4n) is 2.53. The maximum atomic E-state index is 11.8. The number of ether oxygens (including phenoxy) is 1. The molecule has 1 aliphatic rings. The van der Waals surface area contributed by atoms with Crippen molar-refractivity contribution in [3.8, 4) is 0 Å². The van der Waals surface area contributed by atoms with Gasteiger partial charge in [0.05, 0.1) is 0 Å². The zero-order chi connectivity index (χ0) is 14.0. The van der Waals surface area contributed by atoms with E-state index in [1.165, 1.54) is 25.7 Å². The summed E-state index contributed by atoms with van der Waals surface area (Å²) in [5, 5.41) is 0. The quantitative estimate of drug-likeness (QED) is 0.787. The smallest absolute Gasteiger partial charge is 0.323 e. The van der Waals surface area contributed by atoms with Crippen LogP contribution in [0.1, 0.15) is 66.7 Å². The van der Waals surface area contributed by atoms with Gasteiger partial charge in [-0.25, -0.2) is 0 Å². The van der Waals surface area contributed by atoms with Crippen LogP contribution in [0.25, 0.3) is 0 Å². The summed E-state index contributed by atoms with van der Waals surface area (Å²) in [6.45, 7) is 10.3. The largest absolute Gasteiger partial charge is 0.459 e. The predicted octanol–water partition coefficient (Wildman–Crippen LogP) is 3.26. The van der Waals surface area contributed by atoms with Crippen LogP contribution in [0.3, 0.4) is 0 Å². The fraction of sp³-hybridized carbons (Fsp3) is 0.933. The van der Waals surface area contributed by atoms with Crippen molar-refractivity contribution in [2.24, 2.45) is 17.1 Å². The highest BCUT2D eigenvalue weighted by Gasteiger charge is 2.30. The highest BCUT2D eigenvalue weighted by atomic mass is 16.6. The Hall–Kier alpha value is -0.570. The molecule has 0 unspecified atom stereocenters. The molecule has 0 amide bonds. The second kappa shape index (κ2) is 5.60. The van der Waals surface area contributed by atoms with Crippen molar-refractivity contribution in [3.63, 3.8) is 0 Å². The standard InChI is InChI=1S/C15H29NO2/c1-14(2,3)18-13(17)12(16)10-11-6-8-15(4,5)9-7-11/h11-12H,6-10,16H2,1-5H3/t12-/m0/s1. The third-order valence-corrected chi connectivity index (χ3v) is 3.76. The van der Waals surface area contributed by atoms with Crippen molar-refractivity contribution in [1.29, 1.82) is 0 Å². The van der Waals surface area contributed by atoms with Gasteiger partial charge in [0.15, 0.2) is 0 Å². The van der Waals surface area contributed by atoms with Gasteiger partial charge in [0.25, 0.3) is 0 Å². The Morgan fingerprint density at radius 3 is 2.28 bits per heavy atom. The van der Waals surface area contributed by atoms with Crippen LogP contribution in [0.4, 0.5) is 0 Å². The second-order valence-corrected chi connectivity index (χ2v) is 7.48. The maximum absolute atomic E-state index is 11.8. The van der Waals surface area contributed by atoms with E-state index in [0.29, 0.717) is 11.3 Å². The molecule has 3 nitrogen and oxygen atoms in total. The third kappa shape index (κ3) is 5.38. The topological polar surface area (TPSA) is 52.3 Å². The Morgan fingerprint density at radius 1 is 1.33 bits per heavy atom. The first-order valence-corrected chi connectivity index (χ1v) is 7.07. The van der Waals surface area contributed by atoms with Gasteiger partial charge >= 0.3 is 5.97 Å². The average Bonchev–Trinajstić information content (AvgIpc) is 2.18. The summed E-state index contributed by atoms with van der Waals surface area (Å²) in [5.41, 5.74) is 5.97. The lowest BCUT2D eigenvalue weighted by atomic mass is 9.72. The molecule has 1 rings (SSSR count). The van der Waals surface area contributed by atoms with E-state index >= 15 is 0 Å². The van der Waals surface area contributed by atoms with Crippen molar-refractivity contribution in [2.45, 2.75) is 78.4 Å². The van der Waals surface area contributed by atoms with E-state index in [2.05, 4.69) is 13.8 Å². The number of hydrogen-bond donors (Lipinski definition) is 1. The Kier molecular flexibility index (Phi) is 4.82. The Balaban J connectivity index is 2.37. The van der Waals surface area contributed by atoms with Crippen molar-refractivity contribution in [2.75, 3.05) is 0 Å². The summed E-state index contributed by atoms with van der Waals surface area (Å²) in [5.74, 6) is 0.327. The Labute approximate surface area is 111 Å². The lowest BCUT2D eigenvalue weighted by Gasteiger charge is -2.35. The molecule has 1 atom stereocenters. The van der Waals surface area contributed by atoms with Crippen LogP contribution in [0, 0.1) is 11.3 Å². The number of hydrogen-bond acceptors (Lipinski definition) is 3. The molecule has 0 bridgehead atoms. The van der Waals surface area contributed by atoms with Gasteiger partial charge in [0.2, 0.25) is 0 Å². The van der Waals surface area contributed by atoms with Gasteiger partial charge in [-0.3, -0.25) is 4.79 Å². The molecule has 1 aliphatic carbocycles. The molecule has 0 aromatic carbocycles. The number of carbonyl (C=O) groups excluding carboxylic acids is 1. The molecule has 1 saturated carbocycles. The van der Waals surface area contributed by atoms with E-state index in [1.807, 2.05) is 20.8 Å². The van der Waals surface area contributed by atoms with Gasteiger partial charge in [-0.2, -0.15) is 0 Å². The minimum absolute atomic E-state index is 0.257. The van der Waals surface area contributed by atoms with Gasteiger partial charge in [0.1, 0.15) is 11.6 Å². The van der Waals surface area contributed by atoms with E-state index in [9.17, 15) is 4.79 Å². The number of nitrogens with two attached hydrogens (primary N) is 1. The summed E-state index contributed by atoms with van der Waals surface area (Å²) >= 11 is 0. The Bertz CT molecular complexity index is 281. The van der Waals surface area contributed by atoms with Gasteiger partial charge in [-0.1, -0.05) is 13.8 Å². The molecule has 0 aromatic heterocycles. The van der Waals surface area contributed by atoms with E-state index in [1.54, 1.807) is 0 Å². The minimum Gasteiger partial charge on any atom is -0.459 e. The van der Waals surface area contributed by atoms with Gasteiger partial charge in [0, 0.05) is 0 Å². The average molecular weight is 255 g/mol. The van der Waals surface area contributed by atoms with Gasteiger partial charge < -0.3 is 10.5 Å². The monoisotopic (exact) mass is 255 g/mol. The molecule has 106 valence electrons. The van der Waals surface area contributed by atoms with Crippen LogP contribution < -0.4 is 5.73 Å². The molecular formula is C15H29NO2. The zero-order valence-electron chi connectivity index (χ0n) is 12.6. The molecule has 0 heterocycles. The molecule has 3 heteroatoms. The summed E-state index contributed by atoms with van der Waals surface area (Å²) in [6, 6.07) is -0.463. The number of rotatable bonds is 3. The predicted molar refractivity (Wildman–Crippen MR) is 74.2 cm³/mol. The van der Waals surface area contributed by atoms with Crippen LogP contribution in [-0.2, 0) is 9.53 Å². The lowest BCUT2D eigenvalue weighted by Crippen LogP contribution is -2.39. The lowest BCUT2D eigenvalue weighted by molar-refractivity contribution is -0.157. The van der Waals surface area contributed by atoms with Crippen LogP contribution in [0.15, 0.2) is 0 Å². The summed E-state index contributed by atoms with van der Waals surface area (Å²) in [6.07, 6.45) is 5.61. The van der Waals surface area contributed by atoms with Crippen LogP contribution in [0.5, 0.6) is 0 Å². The SMILES string of the molecule is CC1(C)CCC(C[C@H](N)C(=O)OC(C)(C)C)CC1. The maximum Gasteiger partial charge on any atom is 0.323 e. The fourth-order valence-corrected chi connectivity index (χ4v) is 2.53. The van der Waals surface area contributed by atoms with E-state index in [4.69, 9.17) is 10.5 Å². The minimum atomic E-state index is -0.463. The van der Waals surface area contributed by atoms with E-state index in [-0.39, 0.29) is 5.97 Å². The molecule has 0 radical (unpaired) electrons. The van der Waals surface area contributed by atoms with Crippen LogP contribution >= 0.6 is 0 Å². The summed E-state index contributed by atoms with van der Waals surface area (Å²) in [7, 11) is 0. The highest BCUT2D eigenvalue weighted by molar-refractivity contribution is 5.75. The van der Waals surface area contributed by atoms with E-state index < -0.39 is 11.6 Å². The zero-order valence-corrected chi connectivity index (χ0v) is 12.6. The first kappa shape index (κ1) is 15.5. The van der Waals surface area contributed by atoms with Crippen molar-refractivity contribution in [1.82, 2.24) is 0 Å². The highest BCUT2D eigenvalue weighted by Crippen LogP contribution is 2.39. The first-order valence-electron chi connectivity index (χ1n) is 7.07. The number of esters is 1. The summed E-state index contributed by atoms with van der Waals surface area (Å²) < 4.78 is 5.32. The van der Waals surface area contributed by atoms with E-state index in [0.717, 1.165) is 6.42 Å². The molecule has 0 aliphatic heterocycles. The number of carbonyl (C=O) groups is 1. The third-order valence-electron chi connectivity index (χ3n) is 3.76. The molecular weight excluding hydrogens is 226 g/mol. The molecule has 2 N–H and O–H groups in total. The van der Waals surface area contributed by atoms with Crippen LogP contribution in [0.2, 0.25) is 0 Å². The molecule has 0 aromatic rings.